The summed E-state index contributed by atoms with van der Waals surface area (Å²) < 4.78 is 2.15. The number of fused-ring (bicyclic) bond motifs is 3. The SMILES string of the molecule is CN1CCN(CC(=O)c2ccc3c(c2)c2cc(Cl)ccc2n3C)CC1. The third-order valence-corrected chi connectivity index (χ3v) is 5.49. The van der Waals surface area contributed by atoms with E-state index in [-0.39, 0.29) is 5.78 Å². The van der Waals surface area contributed by atoms with Crippen LogP contribution in [-0.2, 0) is 7.05 Å². The van der Waals surface area contributed by atoms with E-state index in [4.69, 9.17) is 11.6 Å². The van der Waals surface area contributed by atoms with Crippen molar-refractivity contribution in [1.29, 1.82) is 0 Å². The molecule has 0 bridgehead atoms. The van der Waals surface area contributed by atoms with Crippen LogP contribution < -0.4 is 0 Å². The van der Waals surface area contributed by atoms with Gasteiger partial charge >= 0.3 is 0 Å². The van der Waals surface area contributed by atoms with Crippen molar-refractivity contribution in [1.82, 2.24) is 14.4 Å². The summed E-state index contributed by atoms with van der Waals surface area (Å²) in [6.45, 7) is 4.44. The molecule has 1 aromatic heterocycles. The summed E-state index contributed by atoms with van der Waals surface area (Å²) in [5.74, 6) is 0.186. The van der Waals surface area contributed by atoms with Crippen LogP contribution >= 0.6 is 11.6 Å². The number of hydrogen-bond acceptors (Lipinski definition) is 3. The highest BCUT2D eigenvalue weighted by molar-refractivity contribution is 6.32. The van der Waals surface area contributed by atoms with E-state index in [1.54, 1.807) is 0 Å². The highest BCUT2D eigenvalue weighted by Gasteiger charge is 2.18. The highest BCUT2D eigenvalue weighted by atomic mass is 35.5. The maximum atomic E-state index is 12.8. The van der Waals surface area contributed by atoms with Gasteiger partial charge in [-0.15, -0.1) is 0 Å². The second-order valence-electron chi connectivity index (χ2n) is 6.96. The predicted molar refractivity (Wildman–Crippen MR) is 104 cm³/mol. The Morgan fingerprint density at radius 2 is 1.60 bits per heavy atom. The number of benzene rings is 2. The van der Waals surface area contributed by atoms with E-state index in [2.05, 4.69) is 21.4 Å². The van der Waals surface area contributed by atoms with E-state index in [0.717, 1.165) is 53.5 Å². The number of halogens is 1. The first-order valence-corrected chi connectivity index (χ1v) is 9.02. The Kier molecular flexibility index (Phi) is 4.28. The molecule has 4 rings (SSSR count). The molecule has 0 amide bonds. The Morgan fingerprint density at radius 3 is 2.32 bits per heavy atom. The van der Waals surface area contributed by atoms with E-state index < -0.39 is 0 Å². The molecular weight excluding hydrogens is 334 g/mol. The van der Waals surface area contributed by atoms with Crippen molar-refractivity contribution in [2.45, 2.75) is 0 Å². The number of likely N-dealkylation sites (N-methyl/N-ethyl adjacent to an activating group) is 1. The Labute approximate surface area is 152 Å². The summed E-state index contributed by atoms with van der Waals surface area (Å²) in [4.78, 5) is 17.3. The van der Waals surface area contributed by atoms with Crippen LogP contribution in [0.1, 0.15) is 10.4 Å². The molecule has 0 unspecified atom stereocenters. The molecule has 1 aliphatic rings. The van der Waals surface area contributed by atoms with Crippen molar-refractivity contribution in [3.8, 4) is 0 Å². The van der Waals surface area contributed by atoms with Gasteiger partial charge in [-0.1, -0.05) is 11.6 Å². The van der Waals surface area contributed by atoms with E-state index in [0.29, 0.717) is 11.6 Å². The fourth-order valence-corrected chi connectivity index (χ4v) is 3.84. The molecule has 0 aliphatic carbocycles. The van der Waals surface area contributed by atoms with Gasteiger partial charge in [-0.3, -0.25) is 9.69 Å². The zero-order valence-corrected chi connectivity index (χ0v) is 15.4. The molecule has 2 heterocycles. The predicted octanol–water partition coefficient (Wildman–Crippen LogP) is 3.42. The number of aryl methyl sites for hydroxylation is 1. The number of hydrogen-bond donors (Lipinski definition) is 0. The average Bonchev–Trinajstić information content (AvgIpc) is 2.88. The summed E-state index contributed by atoms with van der Waals surface area (Å²) in [5.41, 5.74) is 3.02. The first kappa shape index (κ1) is 16.6. The third-order valence-electron chi connectivity index (χ3n) is 5.25. The van der Waals surface area contributed by atoms with Crippen LogP contribution in [0.3, 0.4) is 0 Å². The first-order valence-electron chi connectivity index (χ1n) is 8.65. The molecule has 5 heteroatoms. The standard InChI is InChI=1S/C20H22ClN3O/c1-22-7-9-24(10-8-22)13-20(25)14-3-5-18-16(11-14)17-12-15(21)4-6-19(17)23(18)2/h3-6,11-12H,7-10,13H2,1-2H3. The lowest BCUT2D eigenvalue weighted by Crippen LogP contribution is -2.46. The van der Waals surface area contributed by atoms with Crippen molar-refractivity contribution in [3.05, 3.63) is 47.0 Å². The molecule has 1 saturated heterocycles. The molecule has 3 aromatic rings. The smallest absolute Gasteiger partial charge is 0.176 e. The molecule has 0 radical (unpaired) electrons. The van der Waals surface area contributed by atoms with Gasteiger partial charge in [-0.25, -0.2) is 0 Å². The second kappa shape index (κ2) is 6.45. The van der Waals surface area contributed by atoms with Crippen molar-refractivity contribution >= 4 is 39.2 Å². The lowest BCUT2D eigenvalue weighted by molar-refractivity contribution is 0.0876. The topological polar surface area (TPSA) is 28.5 Å². The van der Waals surface area contributed by atoms with Crippen molar-refractivity contribution < 1.29 is 4.79 Å². The fourth-order valence-electron chi connectivity index (χ4n) is 3.66. The number of nitrogens with zero attached hydrogens (tertiary/aromatic N) is 3. The van der Waals surface area contributed by atoms with Crippen LogP contribution in [0.4, 0.5) is 0 Å². The van der Waals surface area contributed by atoms with Crippen LogP contribution in [0.5, 0.6) is 0 Å². The molecular formula is C20H22ClN3O. The zero-order chi connectivity index (χ0) is 17.6. The highest BCUT2D eigenvalue weighted by Crippen LogP contribution is 2.31. The summed E-state index contributed by atoms with van der Waals surface area (Å²) >= 11 is 6.18. The van der Waals surface area contributed by atoms with Crippen LogP contribution in [-0.4, -0.2) is 59.9 Å². The second-order valence-corrected chi connectivity index (χ2v) is 7.39. The lowest BCUT2D eigenvalue weighted by atomic mass is 10.1. The minimum atomic E-state index is 0.186. The van der Waals surface area contributed by atoms with Gasteiger partial charge in [-0.05, 0) is 43.4 Å². The molecule has 0 N–H and O–H groups in total. The molecule has 1 aliphatic heterocycles. The number of aromatic nitrogens is 1. The van der Waals surface area contributed by atoms with Gasteiger partial charge in [0.2, 0.25) is 0 Å². The quantitative estimate of drug-likeness (QED) is 0.674. The fraction of sp³-hybridized carbons (Fsp3) is 0.350. The molecule has 4 nitrogen and oxygen atoms in total. The number of carbonyl (C=O) groups excluding carboxylic acids is 1. The van der Waals surface area contributed by atoms with Gasteiger partial charge in [0.15, 0.2) is 5.78 Å². The first-order chi connectivity index (χ1) is 12.0. The minimum Gasteiger partial charge on any atom is -0.344 e. The molecule has 25 heavy (non-hydrogen) atoms. The third kappa shape index (κ3) is 3.06. The van der Waals surface area contributed by atoms with E-state index >= 15 is 0 Å². The Hall–Kier alpha value is -1.88. The van der Waals surface area contributed by atoms with Crippen LogP contribution in [0.15, 0.2) is 36.4 Å². The van der Waals surface area contributed by atoms with E-state index in [1.165, 1.54) is 0 Å². The van der Waals surface area contributed by atoms with Gasteiger partial charge in [0, 0.05) is 65.6 Å². The monoisotopic (exact) mass is 355 g/mol. The number of rotatable bonds is 3. The van der Waals surface area contributed by atoms with Crippen LogP contribution in [0.2, 0.25) is 5.02 Å². The summed E-state index contributed by atoms with van der Waals surface area (Å²) in [6, 6.07) is 11.9. The summed E-state index contributed by atoms with van der Waals surface area (Å²) in [5, 5.41) is 2.90. The summed E-state index contributed by atoms with van der Waals surface area (Å²) in [6.07, 6.45) is 0. The number of ketones is 1. The van der Waals surface area contributed by atoms with Crippen LogP contribution in [0.25, 0.3) is 21.8 Å². The van der Waals surface area contributed by atoms with Gasteiger partial charge in [0.1, 0.15) is 0 Å². The Bertz CT molecular complexity index is 954. The maximum Gasteiger partial charge on any atom is 0.176 e. The number of carbonyl (C=O) groups is 1. The van der Waals surface area contributed by atoms with Crippen molar-refractivity contribution in [3.63, 3.8) is 0 Å². The van der Waals surface area contributed by atoms with Crippen LogP contribution in [0, 0.1) is 0 Å². The number of Topliss-reactive ketones (excluding diaryl/α,β-unsaturated/α-hetero) is 1. The maximum absolute atomic E-state index is 12.8. The van der Waals surface area contributed by atoms with Gasteiger partial charge in [0.05, 0.1) is 6.54 Å². The van der Waals surface area contributed by atoms with Gasteiger partial charge in [-0.2, -0.15) is 0 Å². The lowest BCUT2D eigenvalue weighted by Gasteiger charge is -2.31. The minimum absolute atomic E-state index is 0.186. The molecule has 2 aromatic carbocycles. The molecule has 130 valence electrons. The molecule has 0 saturated carbocycles. The average molecular weight is 356 g/mol. The van der Waals surface area contributed by atoms with E-state index in [9.17, 15) is 4.79 Å². The Balaban J connectivity index is 1.67. The van der Waals surface area contributed by atoms with Gasteiger partial charge in [0.25, 0.3) is 0 Å². The van der Waals surface area contributed by atoms with Gasteiger partial charge < -0.3 is 9.47 Å². The van der Waals surface area contributed by atoms with E-state index in [1.807, 2.05) is 43.4 Å². The molecule has 0 spiro atoms. The normalized spacial score (nSPS) is 16.8. The molecule has 1 fully saturated rings. The Morgan fingerprint density at radius 1 is 0.960 bits per heavy atom. The summed E-state index contributed by atoms with van der Waals surface area (Å²) in [7, 11) is 4.17. The molecule has 0 atom stereocenters. The zero-order valence-electron chi connectivity index (χ0n) is 14.6. The van der Waals surface area contributed by atoms with Crippen molar-refractivity contribution in [2.24, 2.45) is 7.05 Å². The largest absolute Gasteiger partial charge is 0.344 e. The number of piperazine rings is 1. The van der Waals surface area contributed by atoms with Crippen molar-refractivity contribution in [2.75, 3.05) is 39.8 Å².